The number of ether oxygens (including phenoxy) is 2. The van der Waals surface area contributed by atoms with Crippen molar-refractivity contribution in [1.29, 1.82) is 0 Å². The third-order valence-electron chi connectivity index (χ3n) is 5.79. The number of hydrogen-bond donors (Lipinski definition) is 2. The molecule has 172 valence electrons. The van der Waals surface area contributed by atoms with Crippen LogP contribution in [0.4, 0.5) is 0 Å². The zero-order valence-electron chi connectivity index (χ0n) is 19.3. The van der Waals surface area contributed by atoms with Gasteiger partial charge >= 0.3 is 0 Å². The van der Waals surface area contributed by atoms with Gasteiger partial charge in [-0.3, -0.25) is 9.79 Å². The lowest BCUT2D eigenvalue weighted by Crippen LogP contribution is -2.46. The van der Waals surface area contributed by atoms with Crippen LogP contribution in [0.5, 0.6) is 17.2 Å². The highest BCUT2D eigenvalue weighted by Gasteiger charge is 2.22. The quantitative estimate of drug-likeness (QED) is 0.488. The number of likely N-dealkylation sites (tertiary alicyclic amines) is 1. The Morgan fingerprint density at radius 2 is 1.62 bits per heavy atom. The number of nitrogens with one attached hydrogen (secondary N) is 2. The van der Waals surface area contributed by atoms with Gasteiger partial charge in [0, 0.05) is 40.2 Å². The average Bonchev–Trinajstić information content (AvgIpc) is 2.84. The second kappa shape index (κ2) is 12.0. The molecule has 1 aliphatic heterocycles. The summed E-state index contributed by atoms with van der Waals surface area (Å²) in [6.45, 7) is 2.67. The summed E-state index contributed by atoms with van der Waals surface area (Å²) in [6, 6.07) is 15.7. The number of carbonyl (C=O) groups is 1. The Morgan fingerprint density at radius 3 is 2.19 bits per heavy atom. The van der Waals surface area contributed by atoms with Crippen molar-refractivity contribution in [3.63, 3.8) is 0 Å². The maximum atomic E-state index is 11.6. The minimum atomic E-state index is 0.131. The van der Waals surface area contributed by atoms with Crippen LogP contribution in [0.1, 0.15) is 24.8 Å². The van der Waals surface area contributed by atoms with Crippen LogP contribution in [0.15, 0.2) is 53.5 Å². The monoisotopic (exact) mass is 438 g/mol. The third kappa shape index (κ3) is 6.90. The molecule has 1 aliphatic rings. The molecule has 0 bridgehead atoms. The van der Waals surface area contributed by atoms with Crippen molar-refractivity contribution in [3.8, 4) is 17.2 Å². The van der Waals surface area contributed by atoms with Gasteiger partial charge in [-0.1, -0.05) is 12.1 Å². The predicted octanol–water partition coefficient (Wildman–Crippen LogP) is 3.45. The van der Waals surface area contributed by atoms with Crippen molar-refractivity contribution in [1.82, 2.24) is 15.5 Å². The van der Waals surface area contributed by atoms with E-state index in [0.29, 0.717) is 12.3 Å². The van der Waals surface area contributed by atoms with Gasteiger partial charge in [0.1, 0.15) is 17.2 Å². The van der Waals surface area contributed by atoms with Crippen molar-refractivity contribution in [2.75, 3.05) is 40.8 Å². The molecular formula is C25H34N4O3. The van der Waals surface area contributed by atoms with E-state index in [4.69, 9.17) is 9.47 Å². The number of guanidine groups is 1. The first-order chi connectivity index (χ1) is 15.6. The Hall–Kier alpha value is -3.22. The normalized spacial score (nSPS) is 14.7. The highest BCUT2D eigenvalue weighted by molar-refractivity contribution is 5.80. The van der Waals surface area contributed by atoms with Gasteiger partial charge in [-0.05, 0) is 67.1 Å². The predicted molar refractivity (Wildman–Crippen MR) is 128 cm³/mol. The number of carbonyl (C=O) groups excluding carboxylic acids is 1. The van der Waals surface area contributed by atoms with Gasteiger partial charge in [0.15, 0.2) is 5.96 Å². The van der Waals surface area contributed by atoms with E-state index in [1.54, 1.807) is 14.2 Å². The first-order valence-electron chi connectivity index (χ1n) is 11.2. The molecule has 7 heteroatoms. The van der Waals surface area contributed by atoms with Crippen LogP contribution in [0.25, 0.3) is 0 Å². The number of nitrogens with zero attached hydrogens (tertiary/aromatic N) is 2. The molecule has 0 spiro atoms. The molecule has 0 radical (unpaired) electrons. The average molecular weight is 439 g/mol. The lowest BCUT2D eigenvalue weighted by Gasteiger charge is -2.34. The van der Waals surface area contributed by atoms with Gasteiger partial charge in [0.25, 0.3) is 0 Å². The van der Waals surface area contributed by atoms with Crippen LogP contribution in [-0.2, 0) is 11.2 Å². The highest BCUT2D eigenvalue weighted by atomic mass is 16.5. The number of methoxy groups -OCH3 is 1. The maximum Gasteiger partial charge on any atom is 0.220 e. The Labute approximate surface area is 190 Å². The summed E-state index contributed by atoms with van der Waals surface area (Å²) < 4.78 is 11.1. The second-order valence-corrected chi connectivity index (χ2v) is 7.95. The van der Waals surface area contributed by atoms with E-state index in [2.05, 4.69) is 32.7 Å². The molecule has 2 aromatic rings. The zero-order chi connectivity index (χ0) is 22.8. The van der Waals surface area contributed by atoms with Gasteiger partial charge < -0.3 is 25.0 Å². The Kier molecular flexibility index (Phi) is 8.78. The largest absolute Gasteiger partial charge is 0.497 e. The Balaban J connectivity index is 1.41. The van der Waals surface area contributed by atoms with Crippen LogP contribution in [0.2, 0.25) is 0 Å². The number of hydrogen-bond acceptors (Lipinski definition) is 4. The molecule has 3 rings (SSSR count). The SMILES string of the molecule is CN=C(NCCc1ccc(Oc2ccc(OC)cc2)cc1)N1CCC(CC(=O)NC)CC1. The summed E-state index contributed by atoms with van der Waals surface area (Å²) in [5, 5.41) is 6.19. The fourth-order valence-corrected chi connectivity index (χ4v) is 3.87. The number of benzene rings is 2. The molecule has 32 heavy (non-hydrogen) atoms. The Bertz CT molecular complexity index is 873. The topological polar surface area (TPSA) is 75.2 Å². The van der Waals surface area contributed by atoms with Crippen LogP contribution >= 0.6 is 0 Å². The van der Waals surface area contributed by atoms with Gasteiger partial charge in [0.2, 0.25) is 5.91 Å². The summed E-state index contributed by atoms with van der Waals surface area (Å²) in [6.07, 6.45) is 3.55. The molecule has 2 aromatic carbocycles. The lowest BCUT2D eigenvalue weighted by molar-refractivity contribution is -0.121. The minimum Gasteiger partial charge on any atom is -0.497 e. The first-order valence-corrected chi connectivity index (χ1v) is 11.2. The van der Waals surface area contributed by atoms with Crippen molar-refractivity contribution in [2.24, 2.45) is 10.9 Å². The fraction of sp³-hybridized carbons (Fsp3) is 0.440. The molecule has 1 amide bonds. The molecule has 1 heterocycles. The van der Waals surface area contributed by atoms with Crippen molar-refractivity contribution in [2.45, 2.75) is 25.7 Å². The van der Waals surface area contributed by atoms with E-state index in [0.717, 1.165) is 62.1 Å². The van der Waals surface area contributed by atoms with Gasteiger partial charge in [0.05, 0.1) is 7.11 Å². The summed E-state index contributed by atoms with van der Waals surface area (Å²) in [5.41, 5.74) is 1.24. The summed E-state index contributed by atoms with van der Waals surface area (Å²) in [5.74, 6) is 3.92. The highest BCUT2D eigenvalue weighted by Crippen LogP contribution is 2.24. The molecule has 1 fully saturated rings. The molecule has 0 aliphatic carbocycles. The van der Waals surface area contributed by atoms with Gasteiger partial charge in [-0.2, -0.15) is 0 Å². The third-order valence-corrected chi connectivity index (χ3v) is 5.79. The van der Waals surface area contributed by atoms with Gasteiger partial charge in [-0.25, -0.2) is 0 Å². The van der Waals surface area contributed by atoms with Crippen molar-refractivity contribution in [3.05, 3.63) is 54.1 Å². The summed E-state index contributed by atoms with van der Waals surface area (Å²) in [4.78, 5) is 18.3. The standard InChI is InChI=1S/C25H34N4O3/c1-26-24(30)18-20-13-16-29(17-14-20)25(27-2)28-15-12-19-4-6-22(7-5-19)32-23-10-8-21(31-3)9-11-23/h4-11,20H,12-18H2,1-3H3,(H,26,30)(H,27,28). The van der Waals surface area contributed by atoms with E-state index in [1.807, 2.05) is 43.4 Å². The zero-order valence-corrected chi connectivity index (χ0v) is 19.3. The van der Waals surface area contributed by atoms with E-state index >= 15 is 0 Å². The molecule has 7 nitrogen and oxygen atoms in total. The summed E-state index contributed by atoms with van der Waals surface area (Å²) >= 11 is 0. The molecule has 0 atom stereocenters. The van der Waals surface area contributed by atoms with Crippen molar-refractivity contribution >= 4 is 11.9 Å². The molecule has 0 aromatic heterocycles. The molecule has 2 N–H and O–H groups in total. The fourth-order valence-electron chi connectivity index (χ4n) is 3.87. The van der Waals surface area contributed by atoms with Crippen LogP contribution in [-0.4, -0.2) is 57.6 Å². The van der Waals surface area contributed by atoms with Crippen LogP contribution in [0, 0.1) is 5.92 Å². The van der Waals surface area contributed by atoms with E-state index in [-0.39, 0.29) is 5.91 Å². The summed E-state index contributed by atoms with van der Waals surface area (Å²) in [7, 11) is 5.17. The Morgan fingerprint density at radius 1 is 1.03 bits per heavy atom. The molecule has 0 saturated carbocycles. The first kappa shape index (κ1) is 23.4. The van der Waals surface area contributed by atoms with Crippen molar-refractivity contribution < 1.29 is 14.3 Å². The number of aliphatic imine (C=N–C) groups is 1. The molecular weight excluding hydrogens is 404 g/mol. The smallest absolute Gasteiger partial charge is 0.220 e. The maximum absolute atomic E-state index is 11.6. The van der Waals surface area contributed by atoms with E-state index < -0.39 is 0 Å². The molecule has 1 saturated heterocycles. The van der Waals surface area contributed by atoms with Gasteiger partial charge in [-0.15, -0.1) is 0 Å². The second-order valence-electron chi connectivity index (χ2n) is 7.95. The number of amides is 1. The van der Waals surface area contributed by atoms with Crippen LogP contribution in [0.3, 0.4) is 0 Å². The van der Waals surface area contributed by atoms with Crippen LogP contribution < -0.4 is 20.1 Å². The minimum absolute atomic E-state index is 0.131. The van der Waals surface area contributed by atoms with E-state index in [9.17, 15) is 4.79 Å². The van der Waals surface area contributed by atoms with E-state index in [1.165, 1.54) is 5.56 Å². The number of rotatable bonds is 8. The molecule has 0 unspecified atom stereocenters. The lowest BCUT2D eigenvalue weighted by atomic mass is 9.93. The number of piperidine rings is 1.